The summed E-state index contributed by atoms with van der Waals surface area (Å²) in [5.41, 5.74) is 0. The van der Waals surface area contributed by atoms with Gasteiger partial charge in [-0.2, -0.15) is 8.42 Å². The Balaban J connectivity index is 2.63. The van der Waals surface area contributed by atoms with Gasteiger partial charge in [0.25, 0.3) is 0 Å². The number of carbonyl (C=O) groups is 5. The number of ether oxygens (including phenoxy) is 7. The van der Waals surface area contributed by atoms with Crippen molar-refractivity contribution in [3.63, 3.8) is 0 Å². The van der Waals surface area contributed by atoms with Crippen molar-refractivity contribution in [3.05, 3.63) is 0 Å². The number of carbonyl (C=O) groups excluding carboxylic acids is 5. The van der Waals surface area contributed by atoms with Crippen LogP contribution < -0.4 is 5.32 Å². The predicted octanol–water partition coefficient (Wildman–Crippen LogP) is -3.14. The first kappa shape index (κ1) is 35.2. The maximum absolute atomic E-state index is 12.1. The van der Waals surface area contributed by atoms with Crippen LogP contribution in [-0.4, -0.2) is 128 Å². The lowest BCUT2D eigenvalue weighted by Gasteiger charge is -2.48. The van der Waals surface area contributed by atoms with Crippen LogP contribution in [0.3, 0.4) is 0 Å². The van der Waals surface area contributed by atoms with Crippen molar-refractivity contribution in [2.24, 2.45) is 0 Å². The molecule has 0 radical (unpaired) electrons. The average Bonchev–Trinajstić information content (AvgIpc) is 2.83. The predicted molar refractivity (Wildman–Crippen MR) is 129 cm³/mol. The molecule has 2 heterocycles. The number of aliphatic hydroxyl groups is 2. The first-order valence-electron chi connectivity index (χ1n) is 12.3. The number of hydrogen-bond donors (Lipinski definition) is 4. The van der Waals surface area contributed by atoms with E-state index in [0.29, 0.717) is 0 Å². The zero-order valence-electron chi connectivity index (χ0n) is 23.1. The maximum Gasteiger partial charge on any atom is 0.397 e. The van der Waals surface area contributed by atoms with Crippen LogP contribution in [0.25, 0.3) is 0 Å². The smallest absolute Gasteiger partial charge is 0.397 e. The SMILES string of the molecule is CC(=O)N[C@@H]1[C@@H](OC(C)=O)[C@H](O[C@@H]2O[C@H](COS(=O)(=O)O)[C@H](OC(C)=O)[C@H](OC(C)=O)C2OC(C)=O)[C@@H](CO)O[C@@H]1O. The minimum Gasteiger partial charge on any atom is -0.457 e. The number of hydrogen-bond acceptors (Lipinski definition) is 17. The molecule has 0 aromatic rings. The Morgan fingerprint density at radius 1 is 0.738 bits per heavy atom. The molecule has 42 heavy (non-hydrogen) atoms. The average molecular weight is 632 g/mol. The quantitative estimate of drug-likeness (QED) is 0.0996. The Morgan fingerprint density at radius 3 is 1.71 bits per heavy atom. The van der Waals surface area contributed by atoms with Crippen LogP contribution in [0, 0.1) is 0 Å². The number of amides is 1. The lowest BCUT2D eigenvalue weighted by atomic mass is 9.95. The minimum absolute atomic E-state index is 0.686. The molecule has 240 valence electrons. The van der Waals surface area contributed by atoms with Crippen molar-refractivity contribution in [1.82, 2.24) is 5.32 Å². The highest BCUT2D eigenvalue weighted by Crippen LogP contribution is 2.34. The van der Waals surface area contributed by atoms with Crippen molar-refractivity contribution in [3.8, 4) is 0 Å². The van der Waals surface area contributed by atoms with Gasteiger partial charge in [-0.1, -0.05) is 0 Å². The number of aliphatic hydroxyl groups excluding tert-OH is 2. The summed E-state index contributed by atoms with van der Waals surface area (Å²) in [6.45, 7) is 3.05. The first-order chi connectivity index (χ1) is 19.4. The van der Waals surface area contributed by atoms with Crippen molar-refractivity contribution >= 4 is 40.2 Å². The molecule has 0 aliphatic carbocycles. The summed E-state index contributed by atoms with van der Waals surface area (Å²) in [5.74, 6) is -4.53. The summed E-state index contributed by atoms with van der Waals surface area (Å²) >= 11 is 0. The number of nitrogens with one attached hydrogen (secondary N) is 1. The Labute approximate surface area is 239 Å². The van der Waals surface area contributed by atoms with E-state index < -0.39 is 115 Å². The van der Waals surface area contributed by atoms with Crippen molar-refractivity contribution in [1.29, 1.82) is 0 Å². The zero-order valence-corrected chi connectivity index (χ0v) is 23.9. The first-order valence-corrected chi connectivity index (χ1v) is 13.6. The van der Waals surface area contributed by atoms with E-state index in [1.54, 1.807) is 0 Å². The van der Waals surface area contributed by atoms with Crippen LogP contribution in [-0.2, 0) is 71.7 Å². The van der Waals surface area contributed by atoms with E-state index in [1.165, 1.54) is 0 Å². The van der Waals surface area contributed by atoms with Gasteiger partial charge in [-0.05, 0) is 0 Å². The molecule has 0 spiro atoms. The molecule has 4 N–H and O–H groups in total. The molecule has 0 aromatic heterocycles. The Bertz CT molecular complexity index is 1110. The topological polar surface area (TPSA) is 266 Å². The van der Waals surface area contributed by atoms with Crippen molar-refractivity contribution in [2.75, 3.05) is 13.2 Å². The molecule has 1 amide bonds. The fourth-order valence-electron chi connectivity index (χ4n) is 4.36. The van der Waals surface area contributed by atoms with E-state index in [-0.39, 0.29) is 0 Å². The second-order valence-electron chi connectivity index (χ2n) is 9.13. The van der Waals surface area contributed by atoms with E-state index in [2.05, 4.69) is 9.50 Å². The van der Waals surface area contributed by atoms with Crippen LogP contribution in [0.4, 0.5) is 0 Å². The van der Waals surface area contributed by atoms with Gasteiger partial charge in [0.2, 0.25) is 5.91 Å². The largest absolute Gasteiger partial charge is 0.457 e. The van der Waals surface area contributed by atoms with E-state index in [0.717, 1.165) is 34.6 Å². The third-order valence-electron chi connectivity index (χ3n) is 5.69. The molecule has 19 nitrogen and oxygen atoms in total. The van der Waals surface area contributed by atoms with Gasteiger partial charge in [-0.3, -0.25) is 28.5 Å². The van der Waals surface area contributed by atoms with Gasteiger partial charge in [0.15, 0.2) is 37.0 Å². The molecular weight excluding hydrogens is 598 g/mol. The Hall–Kier alpha value is -2.98. The van der Waals surface area contributed by atoms with Crippen LogP contribution in [0.5, 0.6) is 0 Å². The molecule has 0 saturated carbocycles. The molecule has 2 rings (SSSR count). The third kappa shape index (κ3) is 10.1. The van der Waals surface area contributed by atoms with Gasteiger partial charge in [0.1, 0.15) is 24.4 Å². The fourth-order valence-corrected chi connectivity index (χ4v) is 4.66. The molecule has 2 fully saturated rings. The van der Waals surface area contributed by atoms with Gasteiger partial charge in [-0.15, -0.1) is 0 Å². The highest BCUT2D eigenvalue weighted by atomic mass is 32.3. The molecule has 2 saturated heterocycles. The van der Waals surface area contributed by atoms with Gasteiger partial charge in [0.05, 0.1) is 13.2 Å². The van der Waals surface area contributed by atoms with Crippen LogP contribution in [0.1, 0.15) is 34.6 Å². The summed E-state index contributed by atoms with van der Waals surface area (Å²) in [7, 11) is -5.09. The lowest BCUT2D eigenvalue weighted by molar-refractivity contribution is -0.346. The highest BCUT2D eigenvalue weighted by molar-refractivity contribution is 7.80. The van der Waals surface area contributed by atoms with Crippen LogP contribution in [0.2, 0.25) is 0 Å². The van der Waals surface area contributed by atoms with E-state index in [9.17, 15) is 42.6 Å². The second kappa shape index (κ2) is 15.0. The van der Waals surface area contributed by atoms with E-state index >= 15 is 0 Å². The normalized spacial score (nSPS) is 33.1. The number of esters is 4. The fraction of sp³-hybridized carbons (Fsp3) is 0.773. The molecule has 0 aromatic carbocycles. The monoisotopic (exact) mass is 631 g/mol. The van der Waals surface area contributed by atoms with Crippen LogP contribution in [0.15, 0.2) is 0 Å². The molecule has 0 bridgehead atoms. The van der Waals surface area contributed by atoms with E-state index in [4.69, 9.17) is 37.7 Å². The van der Waals surface area contributed by atoms with E-state index in [1.807, 2.05) is 0 Å². The van der Waals surface area contributed by atoms with Gasteiger partial charge in [0, 0.05) is 34.6 Å². The summed E-state index contributed by atoms with van der Waals surface area (Å²) in [6, 6.07) is -1.47. The van der Waals surface area contributed by atoms with Crippen molar-refractivity contribution in [2.45, 2.75) is 96.0 Å². The number of rotatable bonds is 11. The summed E-state index contributed by atoms with van der Waals surface area (Å²) in [6.07, 6.45) is -15.3. The van der Waals surface area contributed by atoms with Gasteiger partial charge >= 0.3 is 34.3 Å². The standard InChI is InChI=1S/C22H33NO18S/c1-8(25)23-15-18(36-10(3)27)16(13(6-24)39-21(15)30)41-22-20(38-12(5)29)19(37-11(4)28)17(35-9(2)26)14(40-22)7-34-42(31,32)33/h13-22,24,30H,6-7H2,1-5H3,(H,23,25)(H,31,32,33)/t13-,14-,15-,16-,17+,18-,19+,20?,21+,22+/m1/s1. The van der Waals surface area contributed by atoms with Gasteiger partial charge in [-0.25, -0.2) is 4.18 Å². The molecular formula is C22H33NO18S. The Kier molecular flexibility index (Phi) is 12.5. The maximum atomic E-state index is 12.1. The minimum atomic E-state index is -5.09. The summed E-state index contributed by atoms with van der Waals surface area (Å²) < 4.78 is 74.0. The van der Waals surface area contributed by atoms with Crippen molar-refractivity contribution < 1.29 is 84.5 Å². The van der Waals surface area contributed by atoms with Crippen LogP contribution >= 0.6 is 0 Å². The summed E-state index contributed by atoms with van der Waals surface area (Å²) in [4.78, 5) is 59.7. The Morgan fingerprint density at radius 2 is 1.24 bits per heavy atom. The molecule has 1 unspecified atom stereocenters. The second-order valence-corrected chi connectivity index (χ2v) is 10.2. The van der Waals surface area contributed by atoms with Gasteiger partial charge < -0.3 is 48.7 Å². The molecule has 20 heteroatoms. The lowest BCUT2D eigenvalue weighted by Crippen LogP contribution is -2.68. The molecule has 2 aliphatic rings. The molecule has 2 aliphatic heterocycles. The molecule has 10 atom stereocenters. The zero-order chi connectivity index (χ0) is 31.9. The highest BCUT2D eigenvalue weighted by Gasteiger charge is 2.56. The third-order valence-corrected chi connectivity index (χ3v) is 6.12. The summed E-state index contributed by atoms with van der Waals surface area (Å²) in [5, 5.41) is 22.7.